The standard InChI is InChI=1S/C22H45N3O3/c1-5-9-14-24(17-13-23-8-4)18-19-25(15-11-21(26)10-6-2)16-12-22(27)28-20-7-3/h23H,5-20H2,1-4H3. The number of carbonyl (C=O) groups excluding carboxylic acids is 2. The number of ether oxygens (including phenoxy) is 1. The lowest BCUT2D eigenvalue weighted by atomic mass is 10.1. The number of nitrogens with zero attached hydrogens (tertiary/aromatic N) is 2. The molecule has 6 nitrogen and oxygen atoms in total. The minimum absolute atomic E-state index is 0.137. The van der Waals surface area contributed by atoms with Gasteiger partial charge in [-0.1, -0.05) is 34.1 Å². The number of unbranched alkanes of at least 4 members (excludes halogenated alkanes) is 1. The molecule has 0 aromatic carbocycles. The molecule has 0 saturated carbocycles. The molecule has 0 radical (unpaired) electrons. The third kappa shape index (κ3) is 16.0. The van der Waals surface area contributed by atoms with E-state index in [1.165, 1.54) is 12.8 Å². The van der Waals surface area contributed by atoms with Crippen molar-refractivity contribution in [2.45, 2.75) is 72.6 Å². The van der Waals surface area contributed by atoms with Gasteiger partial charge in [-0.3, -0.25) is 9.59 Å². The molecule has 28 heavy (non-hydrogen) atoms. The summed E-state index contributed by atoms with van der Waals surface area (Å²) in [6, 6.07) is 0. The molecule has 0 atom stereocenters. The molecule has 166 valence electrons. The Labute approximate surface area is 173 Å². The normalized spacial score (nSPS) is 11.4. The number of ketones is 1. The van der Waals surface area contributed by atoms with Gasteiger partial charge in [0.1, 0.15) is 5.78 Å². The van der Waals surface area contributed by atoms with Crippen LogP contribution < -0.4 is 5.32 Å². The molecule has 0 aliphatic heterocycles. The first-order valence-electron chi connectivity index (χ1n) is 11.4. The first-order chi connectivity index (χ1) is 13.6. The summed E-state index contributed by atoms with van der Waals surface area (Å²) in [7, 11) is 0. The van der Waals surface area contributed by atoms with Gasteiger partial charge in [0.15, 0.2) is 0 Å². The Bertz CT molecular complexity index is 391. The molecular weight excluding hydrogens is 354 g/mol. The van der Waals surface area contributed by atoms with Crippen LogP contribution in [0.4, 0.5) is 0 Å². The van der Waals surface area contributed by atoms with Crippen molar-refractivity contribution in [2.24, 2.45) is 0 Å². The maximum Gasteiger partial charge on any atom is 0.307 e. The Morgan fingerprint density at radius 2 is 1.43 bits per heavy atom. The van der Waals surface area contributed by atoms with Crippen LogP contribution in [0.1, 0.15) is 72.6 Å². The fourth-order valence-electron chi connectivity index (χ4n) is 2.97. The maximum atomic E-state index is 11.9. The van der Waals surface area contributed by atoms with E-state index in [2.05, 4.69) is 29.0 Å². The van der Waals surface area contributed by atoms with Crippen molar-refractivity contribution in [3.63, 3.8) is 0 Å². The van der Waals surface area contributed by atoms with Gasteiger partial charge >= 0.3 is 5.97 Å². The molecule has 0 bridgehead atoms. The van der Waals surface area contributed by atoms with Gasteiger partial charge < -0.3 is 19.9 Å². The van der Waals surface area contributed by atoms with Crippen LogP contribution in [0.3, 0.4) is 0 Å². The SMILES string of the molecule is CCCCN(CCNCC)CCN(CCC(=O)CCC)CCC(=O)OCCC. The molecule has 0 aromatic rings. The van der Waals surface area contributed by atoms with E-state index >= 15 is 0 Å². The van der Waals surface area contributed by atoms with Crippen molar-refractivity contribution < 1.29 is 14.3 Å². The summed E-state index contributed by atoms with van der Waals surface area (Å²) >= 11 is 0. The van der Waals surface area contributed by atoms with Gasteiger partial charge in [0.2, 0.25) is 0 Å². The van der Waals surface area contributed by atoms with Crippen LogP contribution >= 0.6 is 0 Å². The lowest BCUT2D eigenvalue weighted by molar-refractivity contribution is -0.144. The van der Waals surface area contributed by atoms with Crippen molar-refractivity contribution in [1.82, 2.24) is 15.1 Å². The largest absolute Gasteiger partial charge is 0.466 e. The smallest absolute Gasteiger partial charge is 0.307 e. The van der Waals surface area contributed by atoms with Crippen LogP contribution in [0.5, 0.6) is 0 Å². The summed E-state index contributed by atoms with van der Waals surface area (Å²) in [5.41, 5.74) is 0. The van der Waals surface area contributed by atoms with Crippen LogP contribution in [0.2, 0.25) is 0 Å². The molecule has 0 unspecified atom stereocenters. The van der Waals surface area contributed by atoms with Crippen molar-refractivity contribution >= 4 is 11.8 Å². The fraction of sp³-hybridized carbons (Fsp3) is 0.909. The van der Waals surface area contributed by atoms with Gasteiger partial charge in [-0.2, -0.15) is 0 Å². The number of esters is 1. The van der Waals surface area contributed by atoms with Gasteiger partial charge in [-0.25, -0.2) is 0 Å². The number of hydrogen-bond donors (Lipinski definition) is 1. The molecule has 0 amide bonds. The molecular formula is C22H45N3O3. The van der Waals surface area contributed by atoms with Crippen LogP contribution in [0.25, 0.3) is 0 Å². The zero-order valence-corrected chi connectivity index (χ0v) is 18.9. The first-order valence-corrected chi connectivity index (χ1v) is 11.4. The summed E-state index contributed by atoms with van der Waals surface area (Å²) in [4.78, 5) is 28.6. The Hall–Kier alpha value is -0.980. The summed E-state index contributed by atoms with van der Waals surface area (Å²) in [5.74, 6) is 0.178. The van der Waals surface area contributed by atoms with Crippen molar-refractivity contribution in [2.75, 3.05) is 59.0 Å². The topological polar surface area (TPSA) is 61.9 Å². The fourth-order valence-corrected chi connectivity index (χ4v) is 2.97. The molecule has 0 spiro atoms. The zero-order valence-electron chi connectivity index (χ0n) is 18.9. The summed E-state index contributed by atoms with van der Waals surface area (Å²) < 4.78 is 5.20. The van der Waals surface area contributed by atoms with Crippen LogP contribution in [-0.2, 0) is 14.3 Å². The number of nitrogens with one attached hydrogen (secondary N) is 1. The molecule has 0 aromatic heterocycles. The van der Waals surface area contributed by atoms with E-state index < -0.39 is 0 Å². The molecule has 0 fully saturated rings. The third-order valence-electron chi connectivity index (χ3n) is 4.75. The molecule has 0 rings (SSSR count). The highest BCUT2D eigenvalue weighted by atomic mass is 16.5. The number of Topliss-reactive ketones (excluding diaryl/α,β-unsaturated/α-hetero) is 1. The van der Waals surface area contributed by atoms with E-state index in [4.69, 9.17) is 4.74 Å². The molecule has 0 aliphatic rings. The molecule has 0 heterocycles. The average Bonchev–Trinajstić information content (AvgIpc) is 2.69. The van der Waals surface area contributed by atoms with Crippen molar-refractivity contribution in [3.05, 3.63) is 0 Å². The second kappa shape index (κ2) is 19.3. The predicted molar refractivity (Wildman–Crippen MR) is 117 cm³/mol. The number of likely N-dealkylation sites (N-methyl/N-ethyl adjacent to an activating group) is 1. The van der Waals surface area contributed by atoms with Gasteiger partial charge in [-0.15, -0.1) is 0 Å². The Morgan fingerprint density at radius 3 is 2.04 bits per heavy atom. The van der Waals surface area contributed by atoms with Crippen molar-refractivity contribution in [3.8, 4) is 0 Å². The lowest BCUT2D eigenvalue weighted by Crippen LogP contribution is -2.40. The monoisotopic (exact) mass is 399 g/mol. The Kier molecular flexibility index (Phi) is 18.7. The van der Waals surface area contributed by atoms with Gasteiger partial charge in [-0.05, 0) is 32.4 Å². The maximum absolute atomic E-state index is 11.9. The highest BCUT2D eigenvalue weighted by molar-refractivity contribution is 5.78. The second-order valence-corrected chi connectivity index (χ2v) is 7.40. The summed E-state index contributed by atoms with van der Waals surface area (Å²) in [5, 5.41) is 3.40. The highest BCUT2D eigenvalue weighted by Gasteiger charge is 2.13. The molecule has 0 aliphatic carbocycles. The predicted octanol–water partition coefficient (Wildman–Crippen LogP) is 3.10. The van der Waals surface area contributed by atoms with E-state index in [9.17, 15) is 9.59 Å². The lowest BCUT2D eigenvalue weighted by Gasteiger charge is -2.27. The highest BCUT2D eigenvalue weighted by Crippen LogP contribution is 2.03. The number of carbonyl (C=O) groups is 2. The van der Waals surface area contributed by atoms with Gasteiger partial charge in [0.05, 0.1) is 13.0 Å². The third-order valence-corrected chi connectivity index (χ3v) is 4.75. The number of rotatable bonds is 20. The summed E-state index contributed by atoms with van der Waals surface area (Å²) in [6.07, 6.45) is 5.76. The molecule has 0 saturated heterocycles. The van der Waals surface area contributed by atoms with Gasteiger partial charge in [0.25, 0.3) is 0 Å². The molecule has 1 N–H and O–H groups in total. The van der Waals surface area contributed by atoms with Crippen molar-refractivity contribution in [1.29, 1.82) is 0 Å². The quantitative estimate of drug-likeness (QED) is 0.251. The summed E-state index contributed by atoms with van der Waals surface area (Å²) in [6.45, 7) is 16.2. The average molecular weight is 400 g/mol. The van der Waals surface area contributed by atoms with E-state index in [1.54, 1.807) is 0 Å². The first kappa shape index (κ1) is 27.0. The molecule has 6 heteroatoms. The van der Waals surface area contributed by atoms with E-state index in [0.29, 0.717) is 38.2 Å². The van der Waals surface area contributed by atoms with E-state index in [1.807, 2.05) is 13.8 Å². The Balaban J connectivity index is 4.56. The second-order valence-electron chi connectivity index (χ2n) is 7.40. The van der Waals surface area contributed by atoms with Crippen LogP contribution in [0.15, 0.2) is 0 Å². The Morgan fingerprint density at radius 1 is 0.750 bits per heavy atom. The van der Waals surface area contributed by atoms with Crippen LogP contribution in [0, 0.1) is 0 Å². The number of hydrogen-bond acceptors (Lipinski definition) is 6. The minimum Gasteiger partial charge on any atom is -0.466 e. The van der Waals surface area contributed by atoms with Crippen LogP contribution in [-0.4, -0.2) is 80.5 Å². The van der Waals surface area contributed by atoms with E-state index in [0.717, 1.165) is 58.7 Å². The minimum atomic E-state index is -0.137. The zero-order chi connectivity index (χ0) is 21.0. The van der Waals surface area contributed by atoms with Gasteiger partial charge in [0, 0.05) is 52.1 Å². The van der Waals surface area contributed by atoms with E-state index in [-0.39, 0.29) is 5.97 Å².